The Morgan fingerprint density at radius 2 is 1.70 bits per heavy atom. The summed E-state index contributed by atoms with van der Waals surface area (Å²) in [5, 5.41) is 11.6. The minimum atomic E-state index is -4.92. The van der Waals surface area contributed by atoms with Gasteiger partial charge in [0, 0.05) is 6.99 Å². The van der Waals surface area contributed by atoms with Crippen LogP contribution in [0.15, 0.2) is 48.5 Å². The van der Waals surface area contributed by atoms with Crippen LogP contribution in [0.1, 0.15) is 35.8 Å². The molecule has 194 valence electrons. The first-order chi connectivity index (χ1) is 17.3. The molecular weight excluding hydrogens is 510 g/mol. The van der Waals surface area contributed by atoms with Gasteiger partial charge in [0.2, 0.25) is 5.91 Å². The predicted octanol–water partition coefficient (Wildman–Crippen LogP) is 5.84. The van der Waals surface area contributed by atoms with Gasteiger partial charge in [-0.2, -0.15) is 13.2 Å². The first-order valence-corrected chi connectivity index (χ1v) is 10.6. The summed E-state index contributed by atoms with van der Waals surface area (Å²) >= 11 is 0. The third-order valence-electron chi connectivity index (χ3n) is 6.00. The van der Waals surface area contributed by atoms with E-state index in [0.29, 0.717) is 36.6 Å². The summed E-state index contributed by atoms with van der Waals surface area (Å²) < 4.78 is 90.4. The molecule has 1 aliphatic heterocycles. The number of carbonyl (C=O) groups is 2. The third-order valence-corrected chi connectivity index (χ3v) is 6.00. The molecule has 0 atom stereocenters. The van der Waals surface area contributed by atoms with Crippen LogP contribution in [0.3, 0.4) is 0 Å². The first kappa shape index (κ1) is 24.4. The number of aromatic carboxylic acids is 1. The molecule has 37 heavy (non-hydrogen) atoms. The van der Waals surface area contributed by atoms with Crippen molar-refractivity contribution in [2.75, 3.05) is 5.32 Å². The maximum absolute atomic E-state index is 14.0. The van der Waals surface area contributed by atoms with Crippen LogP contribution in [0.5, 0.6) is 11.5 Å². The fraction of sp³-hybridized carbons (Fsp3) is 0.208. The van der Waals surface area contributed by atoms with Gasteiger partial charge in [0.15, 0.2) is 11.5 Å². The number of hydrogen-bond acceptors (Lipinski definition) is 5. The minimum absolute atomic E-state index is 0. The molecule has 3 aromatic rings. The first-order valence-electron chi connectivity index (χ1n) is 10.6. The molecule has 2 N–H and O–H groups in total. The fourth-order valence-corrected chi connectivity index (χ4v) is 4.08. The lowest BCUT2D eigenvalue weighted by atomic mass is 9.94. The van der Waals surface area contributed by atoms with Crippen LogP contribution in [-0.4, -0.2) is 28.3 Å². The van der Waals surface area contributed by atoms with Crippen LogP contribution < -0.4 is 14.8 Å². The van der Waals surface area contributed by atoms with E-state index < -0.39 is 58.0 Å². The number of amides is 1. The Bertz CT molecular complexity index is 1460. The van der Waals surface area contributed by atoms with Gasteiger partial charge in [0.05, 0.1) is 22.2 Å². The molecule has 0 unspecified atom stereocenters. The average molecular weight is 526 g/mol. The molecule has 1 amide bonds. The molecule has 2 aromatic carbocycles. The number of anilines is 1. The highest BCUT2D eigenvalue weighted by Crippen LogP contribution is 2.52. The number of nitrogens with zero attached hydrogens (tertiary/aromatic N) is 1. The molecule has 5 rings (SSSR count). The highest BCUT2D eigenvalue weighted by Gasteiger charge is 2.53. The Morgan fingerprint density at radius 1 is 1.00 bits per heavy atom. The van der Waals surface area contributed by atoms with Crippen molar-refractivity contribution >= 4 is 17.7 Å². The number of alkyl halides is 5. The topological polar surface area (TPSA) is 97.8 Å². The normalized spacial score (nSPS) is 16.8. The second-order valence-corrected chi connectivity index (χ2v) is 8.49. The summed E-state index contributed by atoms with van der Waals surface area (Å²) in [6.45, 7) is 0. The van der Waals surface area contributed by atoms with Gasteiger partial charge in [-0.25, -0.2) is 14.2 Å². The van der Waals surface area contributed by atoms with Crippen molar-refractivity contribution < 1.29 is 51.9 Å². The van der Waals surface area contributed by atoms with E-state index in [2.05, 4.69) is 19.8 Å². The van der Waals surface area contributed by atoms with Gasteiger partial charge in [0.1, 0.15) is 11.6 Å². The molecule has 13 heteroatoms. The van der Waals surface area contributed by atoms with Crippen molar-refractivity contribution in [3.8, 4) is 22.8 Å². The lowest BCUT2D eigenvalue weighted by Gasteiger charge is -2.18. The lowest BCUT2D eigenvalue weighted by molar-refractivity contribution is -0.286. The Labute approximate surface area is 205 Å². The van der Waals surface area contributed by atoms with Crippen LogP contribution in [0.25, 0.3) is 11.3 Å². The molecule has 1 aliphatic carbocycles. The van der Waals surface area contributed by atoms with Gasteiger partial charge in [-0.3, -0.25) is 4.79 Å². The maximum Gasteiger partial charge on any atom is 0.586 e. The van der Waals surface area contributed by atoms with Crippen LogP contribution in [-0.2, 0) is 16.4 Å². The number of ether oxygens (including phenoxy) is 2. The monoisotopic (exact) mass is 526 g/mol. The molecule has 0 bridgehead atoms. The second kappa shape index (κ2) is 8.11. The van der Waals surface area contributed by atoms with E-state index in [0.717, 1.165) is 12.1 Å². The van der Waals surface area contributed by atoms with Crippen LogP contribution in [0.4, 0.5) is 32.2 Å². The second-order valence-electron chi connectivity index (χ2n) is 8.49. The molecular formula is C24H16F6N2O5. The molecule has 2 heterocycles. The molecule has 1 fully saturated rings. The highest BCUT2D eigenvalue weighted by atomic mass is 19.4. The highest BCUT2D eigenvalue weighted by molar-refractivity contribution is 6.01. The summed E-state index contributed by atoms with van der Waals surface area (Å²) in [6.07, 6.45) is -8.15. The fourth-order valence-electron chi connectivity index (χ4n) is 4.08. The molecule has 1 saturated carbocycles. The van der Waals surface area contributed by atoms with Gasteiger partial charge in [-0.05, 0) is 60.9 Å². The minimum Gasteiger partial charge on any atom is -0.478 e. The smallest absolute Gasteiger partial charge is 0.478 e. The van der Waals surface area contributed by atoms with Gasteiger partial charge < -0.3 is 19.9 Å². The summed E-state index contributed by atoms with van der Waals surface area (Å²) in [6, 6.07) is 7.56. The number of fused-ring (bicyclic) bond motifs is 1. The maximum atomic E-state index is 14.0. The number of carbonyl (C=O) groups excluding carboxylic acids is 1. The van der Waals surface area contributed by atoms with E-state index in [1.807, 2.05) is 0 Å². The zero-order chi connectivity index (χ0) is 26.8. The van der Waals surface area contributed by atoms with Crippen molar-refractivity contribution in [2.24, 2.45) is 0 Å². The van der Waals surface area contributed by atoms with Gasteiger partial charge >= 0.3 is 18.4 Å². The number of benzene rings is 2. The summed E-state index contributed by atoms with van der Waals surface area (Å²) in [7, 11) is 0. The number of aromatic nitrogens is 1. The quantitative estimate of drug-likeness (QED) is 0.406. The van der Waals surface area contributed by atoms with Crippen molar-refractivity contribution in [2.45, 2.75) is 30.7 Å². The molecule has 7 nitrogen and oxygen atoms in total. The van der Waals surface area contributed by atoms with Gasteiger partial charge in [-0.15, -0.1) is 8.78 Å². The van der Waals surface area contributed by atoms with Crippen LogP contribution in [0, 0.1) is 5.82 Å². The van der Waals surface area contributed by atoms with Crippen molar-refractivity contribution in [1.29, 1.82) is 0 Å². The number of nitrogens with one attached hydrogen (secondary N) is 1. The van der Waals surface area contributed by atoms with Crippen molar-refractivity contribution in [1.82, 2.24) is 4.98 Å². The number of carboxylic acid groups (broad SMARTS) is 1. The summed E-state index contributed by atoms with van der Waals surface area (Å²) in [5.74, 6) is -4.11. The predicted molar refractivity (Wildman–Crippen MR) is 116 cm³/mol. The summed E-state index contributed by atoms with van der Waals surface area (Å²) in [5.41, 5.74) is -3.96. The molecule has 0 spiro atoms. The van der Waals surface area contributed by atoms with Crippen molar-refractivity contribution in [3.05, 3.63) is 71.0 Å². The third kappa shape index (κ3) is 4.52. The largest absolute Gasteiger partial charge is 0.586 e. The molecule has 2 aliphatic rings. The summed E-state index contributed by atoms with van der Waals surface area (Å²) in [4.78, 5) is 28.2. The molecule has 0 radical (unpaired) electrons. The van der Waals surface area contributed by atoms with E-state index in [1.165, 1.54) is 18.2 Å². The number of hydrogen-bond donors (Lipinski definition) is 2. The molecule has 1 aromatic heterocycles. The Morgan fingerprint density at radius 3 is 2.35 bits per heavy atom. The van der Waals surface area contributed by atoms with E-state index in [-0.39, 0.29) is 18.7 Å². The SMILES string of the molecule is O=C(O)c1cc(F)cc(-c2nc(NC(=O)C3(c4ccc5c(c4)OC(F)(F)O5)CC3)ccc2C(F)(F)F)c1.[HH]. The molecule has 0 saturated heterocycles. The average Bonchev–Trinajstić information content (AvgIpc) is 3.55. The number of carboxylic acids is 1. The van der Waals surface area contributed by atoms with E-state index >= 15 is 0 Å². The van der Waals surface area contributed by atoms with E-state index in [4.69, 9.17) is 5.11 Å². The number of halogens is 6. The van der Waals surface area contributed by atoms with Crippen molar-refractivity contribution in [3.63, 3.8) is 0 Å². The van der Waals surface area contributed by atoms with Crippen LogP contribution >= 0.6 is 0 Å². The standard InChI is InChI=1S/C24H14F6N2O5.H2/c25-14-8-11(7-12(9-14)20(33)34)19-15(23(26,27)28)2-4-18(31-19)32-21(35)22(5-6-22)13-1-3-16-17(10-13)37-24(29,30)36-16;/h1-4,7-10H,5-6H2,(H,33,34)(H,31,32,35);1H. The van der Waals surface area contributed by atoms with E-state index in [9.17, 15) is 35.9 Å². The zero-order valence-corrected chi connectivity index (χ0v) is 18.3. The van der Waals surface area contributed by atoms with Gasteiger partial charge in [-0.1, -0.05) is 6.07 Å². The zero-order valence-electron chi connectivity index (χ0n) is 18.3. The lowest BCUT2D eigenvalue weighted by Crippen LogP contribution is -2.28. The number of pyridine rings is 1. The van der Waals surface area contributed by atoms with E-state index in [1.54, 1.807) is 0 Å². The Balaban J connectivity index is 0.00000336. The van der Waals surface area contributed by atoms with Crippen LogP contribution in [0.2, 0.25) is 0 Å². The Hall–Kier alpha value is -4.29. The number of rotatable bonds is 5. The Kier molecular flexibility index (Phi) is 5.35. The van der Waals surface area contributed by atoms with Gasteiger partial charge in [0.25, 0.3) is 0 Å².